The Labute approximate surface area is 162 Å². The van der Waals surface area contributed by atoms with Gasteiger partial charge >= 0.3 is 0 Å². The maximum absolute atomic E-state index is 11.7. The lowest BCUT2D eigenvalue weighted by Crippen LogP contribution is -2.30. The molecule has 6 nitrogen and oxygen atoms in total. The van der Waals surface area contributed by atoms with Crippen molar-refractivity contribution in [2.75, 3.05) is 13.2 Å². The van der Waals surface area contributed by atoms with Gasteiger partial charge in [-0.25, -0.2) is 0 Å². The topological polar surface area (TPSA) is 88.5 Å². The van der Waals surface area contributed by atoms with Gasteiger partial charge in [-0.05, 0) is 35.7 Å². The van der Waals surface area contributed by atoms with Gasteiger partial charge in [-0.2, -0.15) is 0 Å². The summed E-state index contributed by atoms with van der Waals surface area (Å²) in [6.45, 7) is 2.35. The monoisotopic (exact) mass is 386 g/mol. The fourth-order valence-electron chi connectivity index (χ4n) is 2.80. The number of aryl methyl sites for hydroxylation is 1. The van der Waals surface area contributed by atoms with Crippen molar-refractivity contribution in [2.24, 2.45) is 0 Å². The van der Waals surface area contributed by atoms with Crippen LogP contribution in [-0.4, -0.2) is 39.7 Å². The van der Waals surface area contributed by atoms with Crippen molar-refractivity contribution in [3.63, 3.8) is 0 Å². The minimum Gasteiger partial charge on any atom is -0.493 e. The van der Waals surface area contributed by atoms with Crippen LogP contribution in [0.5, 0.6) is 5.75 Å². The minimum absolute atomic E-state index is 0.0439. The number of carbonyl (C=O) groups is 2. The zero-order chi connectivity index (χ0) is 19.2. The number of nitrogens with one attached hydrogen (secondary N) is 1. The Morgan fingerprint density at radius 2 is 1.93 bits per heavy atom. The number of pyridine rings is 1. The molecule has 2 unspecified atom stereocenters. The molecular weight excluding hydrogens is 364 g/mol. The summed E-state index contributed by atoms with van der Waals surface area (Å²) in [5.41, 5.74) is 2.90. The van der Waals surface area contributed by atoms with Crippen LogP contribution >= 0.6 is 11.8 Å². The normalized spacial score (nSPS) is 17.6. The van der Waals surface area contributed by atoms with E-state index in [0.29, 0.717) is 18.8 Å². The molecule has 2 atom stereocenters. The van der Waals surface area contributed by atoms with Crippen LogP contribution in [0.1, 0.15) is 29.7 Å². The van der Waals surface area contributed by atoms with Gasteiger partial charge in [-0.15, -0.1) is 0 Å². The SMILES string of the molecule is CCc1ccc(C(CO)COc2ccc(CC3NC(=O)SC3=O)cc2)nc1. The zero-order valence-electron chi connectivity index (χ0n) is 15.1. The van der Waals surface area contributed by atoms with Gasteiger partial charge in [-0.3, -0.25) is 14.6 Å². The van der Waals surface area contributed by atoms with E-state index in [1.807, 2.05) is 42.6 Å². The highest BCUT2D eigenvalue weighted by atomic mass is 32.2. The number of carbonyl (C=O) groups excluding carboxylic acids is 2. The molecule has 1 aromatic carbocycles. The van der Waals surface area contributed by atoms with E-state index in [1.165, 1.54) is 0 Å². The van der Waals surface area contributed by atoms with Crippen molar-refractivity contribution in [3.8, 4) is 5.75 Å². The van der Waals surface area contributed by atoms with Crippen LogP contribution in [0.4, 0.5) is 4.79 Å². The van der Waals surface area contributed by atoms with Crippen molar-refractivity contribution in [1.29, 1.82) is 0 Å². The quantitative estimate of drug-likeness (QED) is 0.725. The number of amides is 1. The third-order valence-corrected chi connectivity index (χ3v) is 5.27. The number of aliphatic hydroxyl groups excluding tert-OH is 1. The Morgan fingerprint density at radius 1 is 1.19 bits per heavy atom. The van der Waals surface area contributed by atoms with Crippen molar-refractivity contribution in [3.05, 3.63) is 59.4 Å². The highest BCUT2D eigenvalue weighted by Gasteiger charge is 2.31. The number of hydrogen-bond acceptors (Lipinski definition) is 6. The average Bonchev–Trinajstić information content (AvgIpc) is 3.01. The fraction of sp³-hybridized carbons (Fsp3) is 0.350. The number of thioether (sulfide) groups is 1. The minimum atomic E-state index is -0.467. The fourth-order valence-corrected chi connectivity index (χ4v) is 3.47. The molecule has 1 fully saturated rings. The van der Waals surface area contributed by atoms with E-state index in [9.17, 15) is 14.7 Å². The Kier molecular flexibility index (Phi) is 6.47. The van der Waals surface area contributed by atoms with Gasteiger partial charge in [0.1, 0.15) is 11.8 Å². The number of nitrogens with zero attached hydrogens (tertiary/aromatic N) is 1. The molecular formula is C20H22N2O4S. The van der Waals surface area contributed by atoms with Crippen LogP contribution in [0.2, 0.25) is 0 Å². The highest BCUT2D eigenvalue weighted by molar-refractivity contribution is 8.26. The summed E-state index contributed by atoms with van der Waals surface area (Å²) in [6, 6.07) is 10.9. The Hall–Kier alpha value is -2.38. The lowest BCUT2D eigenvalue weighted by Gasteiger charge is -2.16. The summed E-state index contributed by atoms with van der Waals surface area (Å²) in [6.07, 6.45) is 3.22. The summed E-state index contributed by atoms with van der Waals surface area (Å²) < 4.78 is 5.79. The number of ether oxygens (including phenoxy) is 1. The number of benzene rings is 1. The molecule has 0 saturated carbocycles. The molecule has 27 heavy (non-hydrogen) atoms. The largest absolute Gasteiger partial charge is 0.493 e. The Balaban J connectivity index is 1.55. The van der Waals surface area contributed by atoms with E-state index < -0.39 is 6.04 Å². The number of aromatic nitrogens is 1. The van der Waals surface area contributed by atoms with Crippen LogP contribution in [0.25, 0.3) is 0 Å². The Morgan fingerprint density at radius 3 is 2.48 bits per heavy atom. The highest BCUT2D eigenvalue weighted by Crippen LogP contribution is 2.21. The first kappa shape index (κ1) is 19.4. The molecule has 7 heteroatoms. The van der Waals surface area contributed by atoms with Gasteiger partial charge in [0, 0.05) is 30.1 Å². The third-order valence-electron chi connectivity index (χ3n) is 4.48. The Bertz CT molecular complexity index is 793. The first-order chi connectivity index (χ1) is 13.1. The molecule has 0 aliphatic carbocycles. The molecule has 3 rings (SSSR count). The number of hydrogen-bond donors (Lipinski definition) is 2. The van der Waals surface area contributed by atoms with E-state index in [0.717, 1.165) is 35.0 Å². The molecule has 1 saturated heterocycles. The summed E-state index contributed by atoms with van der Waals surface area (Å²) in [4.78, 5) is 27.3. The predicted molar refractivity (Wildman–Crippen MR) is 104 cm³/mol. The van der Waals surface area contributed by atoms with Crippen molar-refractivity contribution < 1.29 is 19.4 Å². The molecule has 2 heterocycles. The first-order valence-electron chi connectivity index (χ1n) is 8.88. The van der Waals surface area contributed by atoms with Crippen molar-refractivity contribution in [2.45, 2.75) is 31.7 Å². The summed E-state index contributed by atoms with van der Waals surface area (Å²) in [7, 11) is 0. The molecule has 1 aliphatic rings. The molecule has 2 aromatic rings. The van der Waals surface area contributed by atoms with E-state index >= 15 is 0 Å². The van der Waals surface area contributed by atoms with Gasteiger partial charge < -0.3 is 15.2 Å². The maximum atomic E-state index is 11.7. The summed E-state index contributed by atoms with van der Waals surface area (Å²) in [5, 5.41) is 11.9. The van der Waals surface area contributed by atoms with Gasteiger partial charge in [0.25, 0.3) is 5.24 Å². The molecule has 142 valence electrons. The summed E-state index contributed by atoms with van der Waals surface area (Å²) >= 11 is 0.722. The summed E-state index contributed by atoms with van der Waals surface area (Å²) in [5.74, 6) is 0.484. The van der Waals surface area contributed by atoms with Gasteiger partial charge in [0.05, 0.1) is 19.1 Å². The zero-order valence-corrected chi connectivity index (χ0v) is 15.9. The second kappa shape index (κ2) is 9.01. The lowest BCUT2D eigenvalue weighted by molar-refractivity contribution is -0.112. The maximum Gasteiger partial charge on any atom is 0.287 e. The second-order valence-corrected chi connectivity index (χ2v) is 7.37. The van der Waals surface area contributed by atoms with E-state index in [2.05, 4.69) is 17.2 Å². The van der Waals surface area contributed by atoms with Crippen LogP contribution < -0.4 is 10.1 Å². The molecule has 1 aromatic heterocycles. The van der Waals surface area contributed by atoms with Crippen LogP contribution in [0, 0.1) is 0 Å². The molecule has 1 amide bonds. The standard InChI is InChI=1S/C20H22N2O4S/c1-2-13-5-8-17(21-10-13)15(11-23)12-26-16-6-3-14(4-7-16)9-18-19(24)27-20(25)22-18/h3-8,10,15,18,23H,2,9,11-12H2,1H3,(H,22,25). The predicted octanol–water partition coefficient (Wildman–Crippen LogP) is 2.69. The third kappa shape index (κ3) is 5.08. The number of aliphatic hydroxyl groups is 1. The first-order valence-corrected chi connectivity index (χ1v) is 9.70. The number of rotatable bonds is 8. The molecule has 0 radical (unpaired) electrons. The van der Waals surface area contributed by atoms with Crippen LogP contribution in [0.15, 0.2) is 42.6 Å². The van der Waals surface area contributed by atoms with Gasteiger partial charge in [0.15, 0.2) is 0 Å². The molecule has 1 aliphatic heterocycles. The average molecular weight is 386 g/mol. The second-order valence-electron chi connectivity index (χ2n) is 6.39. The van der Waals surface area contributed by atoms with E-state index in [-0.39, 0.29) is 22.9 Å². The van der Waals surface area contributed by atoms with Crippen molar-refractivity contribution >= 4 is 22.1 Å². The lowest BCUT2D eigenvalue weighted by atomic mass is 10.1. The smallest absolute Gasteiger partial charge is 0.287 e. The van der Waals surface area contributed by atoms with Gasteiger partial charge in [0.2, 0.25) is 5.12 Å². The van der Waals surface area contributed by atoms with Crippen LogP contribution in [-0.2, 0) is 17.6 Å². The molecule has 0 spiro atoms. The van der Waals surface area contributed by atoms with Crippen molar-refractivity contribution in [1.82, 2.24) is 10.3 Å². The van der Waals surface area contributed by atoms with E-state index in [1.54, 1.807) is 0 Å². The molecule has 0 bridgehead atoms. The van der Waals surface area contributed by atoms with Gasteiger partial charge in [-0.1, -0.05) is 25.1 Å². The van der Waals surface area contributed by atoms with Crippen LogP contribution in [0.3, 0.4) is 0 Å². The molecule has 2 N–H and O–H groups in total. The van der Waals surface area contributed by atoms with E-state index in [4.69, 9.17) is 4.74 Å².